The van der Waals surface area contributed by atoms with E-state index >= 15 is 0 Å². The zero-order valence-corrected chi connectivity index (χ0v) is 15.1. The van der Waals surface area contributed by atoms with Crippen molar-refractivity contribution in [3.05, 3.63) is 70.8 Å². The summed E-state index contributed by atoms with van der Waals surface area (Å²) in [5.74, 6) is -3.83. The highest BCUT2D eigenvalue weighted by Gasteiger charge is 2.67. The Bertz CT molecular complexity index is 953. The highest BCUT2D eigenvalue weighted by molar-refractivity contribution is 9.09. The summed E-state index contributed by atoms with van der Waals surface area (Å²) in [4.78, 5) is 38.0. The first-order chi connectivity index (χ1) is 12.5. The standard InChI is InChI=1S/C20H14BrNO4/c21-20-12-7-3-1-5-10(12)15(11-6-2-4-8-13(11)20)16-17(20)19(26)22(18(16)25)9-14(23)24/h1-8,15-17H,9H2,(H,23,24)/p-1/t15?,16-,17-,20?/m0/s1. The lowest BCUT2D eigenvalue weighted by Gasteiger charge is -2.51. The Morgan fingerprint density at radius 3 is 2.08 bits per heavy atom. The fourth-order valence-electron chi connectivity index (χ4n) is 5.02. The number of imide groups is 1. The fourth-order valence-corrected chi connectivity index (χ4v) is 6.23. The minimum atomic E-state index is -1.43. The summed E-state index contributed by atoms with van der Waals surface area (Å²) in [6, 6.07) is 15.6. The van der Waals surface area contributed by atoms with Gasteiger partial charge in [-0.3, -0.25) is 14.5 Å². The normalized spacial score (nSPS) is 30.8. The molecule has 1 fully saturated rings. The van der Waals surface area contributed by atoms with E-state index in [4.69, 9.17) is 0 Å². The molecule has 0 aromatic heterocycles. The molecule has 0 saturated carbocycles. The third-order valence-corrected chi connectivity index (χ3v) is 7.24. The quantitative estimate of drug-likeness (QED) is 0.549. The average molecular weight is 411 g/mol. The van der Waals surface area contributed by atoms with E-state index in [1.54, 1.807) is 0 Å². The molecule has 1 heterocycles. The van der Waals surface area contributed by atoms with Crippen LogP contribution in [0.3, 0.4) is 0 Å². The van der Waals surface area contributed by atoms with E-state index in [2.05, 4.69) is 15.9 Å². The van der Waals surface area contributed by atoms with Gasteiger partial charge in [0.05, 0.1) is 28.7 Å². The summed E-state index contributed by atoms with van der Waals surface area (Å²) in [5, 5.41) is 11.1. The van der Waals surface area contributed by atoms with Crippen molar-refractivity contribution in [2.75, 3.05) is 6.54 Å². The van der Waals surface area contributed by atoms with Crippen LogP contribution in [-0.4, -0.2) is 29.2 Å². The van der Waals surface area contributed by atoms with Crippen molar-refractivity contribution in [2.24, 2.45) is 11.8 Å². The van der Waals surface area contributed by atoms with Gasteiger partial charge in [-0.1, -0.05) is 64.5 Å². The van der Waals surface area contributed by atoms with Gasteiger partial charge in [-0.2, -0.15) is 0 Å². The predicted octanol–water partition coefficient (Wildman–Crippen LogP) is 1.14. The Balaban J connectivity index is 1.80. The molecule has 6 heteroatoms. The lowest BCUT2D eigenvalue weighted by molar-refractivity contribution is -0.305. The lowest BCUT2D eigenvalue weighted by Crippen LogP contribution is -2.50. The van der Waals surface area contributed by atoms with Crippen molar-refractivity contribution in [3.63, 3.8) is 0 Å². The first-order valence-electron chi connectivity index (χ1n) is 8.39. The SMILES string of the molecule is O=C([O-])CN1C(=O)[C@@H]2[C@@H](C1=O)C1c3ccccc3C2(Br)c2ccccc21. The van der Waals surface area contributed by atoms with Crippen molar-refractivity contribution >= 4 is 33.7 Å². The third-order valence-electron chi connectivity index (χ3n) is 5.89. The number of rotatable bonds is 2. The minimum Gasteiger partial charge on any atom is -0.548 e. The van der Waals surface area contributed by atoms with E-state index in [1.165, 1.54) is 0 Å². The minimum absolute atomic E-state index is 0.255. The average Bonchev–Trinajstić information content (AvgIpc) is 2.88. The Morgan fingerprint density at radius 2 is 1.54 bits per heavy atom. The molecule has 0 N–H and O–H groups in total. The Kier molecular flexibility index (Phi) is 3.05. The molecule has 2 aromatic carbocycles. The maximum Gasteiger partial charge on any atom is 0.235 e. The van der Waals surface area contributed by atoms with Gasteiger partial charge in [0.1, 0.15) is 0 Å². The van der Waals surface area contributed by atoms with E-state index in [-0.39, 0.29) is 5.92 Å². The number of carbonyl (C=O) groups excluding carboxylic acids is 3. The smallest absolute Gasteiger partial charge is 0.235 e. The summed E-state index contributed by atoms with van der Waals surface area (Å²) < 4.78 is -0.840. The lowest BCUT2D eigenvalue weighted by atomic mass is 9.55. The number of benzene rings is 2. The summed E-state index contributed by atoms with van der Waals surface area (Å²) in [7, 11) is 0. The van der Waals surface area contributed by atoms with Crippen LogP contribution < -0.4 is 5.11 Å². The maximum absolute atomic E-state index is 13.1. The van der Waals surface area contributed by atoms with Crippen molar-refractivity contribution < 1.29 is 19.5 Å². The number of carboxylic acids is 1. The number of amides is 2. The molecule has 1 saturated heterocycles. The number of halogens is 1. The monoisotopic (exact) mass is 410 g/mol. The van der Waals surface area contributed by atoms with Gasteiger partial charge in [0, 0.05) is 5.92 Å². The van der Waals surface area contributed by atoms with Crippen molar-refractivity contribution in [2.45, 2.75) is 10.2 Å². The number of aliphatic carboxylic acids is 1. The van der Waals surface area contributed by atoms with Gasteiger partial charge in [0.2, 0.25) is 11.8 Å². The second-order valence-electron chi connectivity index (χ2n) is 7.00. The van der Waals surface area contributed by atoms with Crippen LogP contribution in [0.5, 0.6) is 0 Å². The number of likely N-dealkylation sites (tertiary alicyclic amines) is 1. The molecule has 1 aliphatic heterocycles. The highest BCUT2D eigenvalue weighted by Crippen LogP contribution is 2.66. The zero-order chi connectivity index (χ0) is 18.2. The van der Waals surface area contributed by atoms with Crippen molar-refractivity contribution in [3.8, 4) is 0 Å². The van der Waals surface area contributed by atoms with Gasteiger partial charge in [0.25, 0.3) is 0 Å². The van der Waals surface area contributed by atoms with Gasteiger partial charge >= 0.3 is 0 Å². The van der Waals surface area contributed by atoms with Gasteiger partial charge < -0.3 is 9.90 Å². The van der Waals surface area contributed by atoms with Crippen LogP contribution in [0.25, 0.3) is 0 Å². The molecule has 26 heavy (non-hydrogen) atoms. The summed E-state index contributed by atoms with van der Waals surface area (Å²) in [6.45, 7) is -0.701. The number of hydrogen-bond acceptors (Lipinski definition) is 4. The van der Waals surface area contributed by atoms with Crippen LogP contribution in [0, 0.1) is 11.8 Å². The number of carboxylic acid groups (broad SMARTS) is 1. The zero-order valence-electron chi connectivity index (χ0n) is 13.5. The van der Waals surface area contributed by atoms with Crippen molar-refractivity contribution in [1.82, 2.24) is 4.90 Å². The molecular formula is C20H13BrNO4-. The number of carbonyl (C=O) groups is 3. The van der Waals surface area contributed by atoms with Crippen LogP contribution in [0.4, 0.5) is 0 Å². The van der Waals surface area contributed by atoms with E-state index in [0.717, 1.165) is 27.2 Å². The molecule has 0 unspecified atom stereocenters. The Hall–Kier alpha value is -2.47. The summed E-state index contributed by atoms with van der Waals surface area (Å²) >= 11 is 3.84. The number of alkyl halides is 1. The Labute approximate surface area is 157 Å². The number of hydrogen-bond donors (Lipinski definition) is 0. The molecule has 0 spiro atoms. The fraction of sp³-hybridized carbons (Fsp3) is 0.250. The molecule has 2 aromatic rings. The van der Waals surface area contributed by atoms with E-state index in [9.17, 15) is 19.5 Å². The highest BCUT2D eigenvalue weighted by atomic mass is 79.9. The molecule has 5 nitrogen and oxygen atoms in total. The molecule has 2 amide bonds. The van der Waals surface area contributed by atoms with Crippen LogP contribution in [0.15, 0.2) is 48.5 Å². The molecule has 130 valence electrons. The molecule has 0 radical (unpaired) electrons. The van der Waals surface area contributed by atoms with Crippen molar-refractivity contribution in [1.29, 1.82) is 0 Å². The van der Waals surface area contributed by atoms with Crippen LogP contribution in [-0.2, 0) is 18.7 Å². The van der Waals surface area contributed by atoms with Crippen LogP contribution in [0.1, 0.15) is 28.2 Å². The maximum atomic E-state index is 13.1. The molecule has 3 aliphatic carbocycles. The number of nitrogens with zero attached hydrogens (tertiary/aromatic N) is 1. The second-order valence-corrected chi connectivity index (χ2v) is 8.25. The topological polar surface area (TPSA) is 77.5 Å². The first-order valence-corrected chi connectivity index (χ1v) is 9.18. The second kappa shape index (κ2) is 5.04. The van der Waals surface area contributed by atoms with E-state index in [0.29, 0.717) is 0 Å². The van der Waals surface area contributed by atoms with E-state index < -0.39 is 40.5 Å². The van der Waals surface area contributed by atoms with E-state index in [1.807, 2.05) is 48.5 Å². The summed E-state index contributed by atoms with van der Waals surface area (Å²) in [6.07, 6.45) is 0. The van der Waals surface area contributed by atoms with Gasteiger partial charge in [0.15, 0.2) is 0 Å². The first kappa shape index (κ1) is 15.8. The van der Waals surface area contributed by atoms with Crippen LogP contribution >= 0.6 is 15.9 Å². The molecule has 2 bridgehead atoms. The Morgan fingerprint density at radius 1 is 1.00 bits per heavy atom. The van der Waals surface area contributed by atoms with Gasteiger partial charge in [-0.05, 0) is 22.3 Å². The molecular weight excluding hydrogens is 398 g/mol. The third kappa shape index (κ3) is 1.68. The molecule has 2 atom stereocenters. The summed E-state index contributed by atoms with van der Waals surface area (Å²) in [5.41, 5.74) is 3.98. The van der Waals surface area contributed by atoms with Gasteiger partial charge in [-0.25, -0.2) is 0 Å². The molecule has 4 aliphatic rings. The largest absolute Gasteiger partial charge is 0.548 e. The predicted molar refractivity (Wildman–Crippen MR) is 93.1 cm³/mol. The molecule has 6 rings (SSSR count). The van der Waals surface area contributed by atoms with Gasteiger partial charge in [-0.15, -0.1) is 0 Å². The van der Waals surface area contributed by atoms with Crippen LogP contribution in [0.2, 0.25) is 0 Å².